The van der Waals surface area contributed by atoms with Gasteiger partial charge < -0.3 is 10.0 Å². The van der Waals surface area contributed by atoms with Gasteiger partial charge in [-0.25, -0.2) is 0 Å². The Balaban J connectivity index is 1.86. The first-order chi connectivity index (χ1) is 11.5. The molecule has 1 aromatic rings. The summed E-state index contributed by atoms with van der Waals surface area (Å²) < 4.78 is 0. The summed E-state index contributed by atoms with van der Waals surface area (Å²) in [6.45, 7) is 4.03. The Bertz CT molecular complexity index is 562. The molecule has 2 atom stereocenters. The summed E-state index contributed by atoms with van der Waals surface area (Å²) in [5.74, 6) is 0.301. The molecule has 2 unspecified atom stereocenters. The van der Waals surface area contributed by atoms with Crippen LogP contribution in [0.1, 0.15) is 37.9 Å². The number of aliphatic hydroxyl groups excluding tert-OH is 1. The van der Waals surface area contributed by atoms with Crippen molar-refractivity contribution in [2.75, 3.05) is 26.7 Å². The lowest BCUT2D eigenvalue weighted by Crippen LogP contribution is -2.49. The topological polar surface area (TPSA) is 67.6 Å². The van der Waals surface area contributed by atoms with Crippen molar-refractivity contribution in [1.82, 2.24) is 9.80 Å². The average Bonchev–Trinajstić information content (AvgIpc) is 2.65. The van der Waals surface area contributed by atoms with Crippen molar-refractivity contribution in [3.8, 4) is 6.07 Å². The summed E-state index contributed by atoms with van der Waals surface area (Å²) in [7, 11) is 1.75. The number of likely N-dealkylation sites (tertiary alicyclic amines) is 1. The molecule has 130 valence electrons. The molecule has 0 radical (unpaired) electrons. The van der Waals surface area contributed by atoms with E-state index < -0.39 is 6.10 Å². The molecule has 5 heteroatoms. The summed E-state index contributed by atoms with van der Waals surface area (Å²) in [6, 6.07) is 11.7. The zero-order valence-corrected chi connectivity index (χ0v) is 14.6. The number of nitrogens with zero attached hydrogens (tertiary/aromatic N) is 3. The van der Waals surface area contributed by atoms with Crippen molar-refractivity contribution in [2.24, 2.45) is 5.92 Å². The Labute approximate surface area is 144 Å². The predicted octanol–water partition coefficient (Wildman–Crippen LogP) is 2.19. The molecule has 0 spiro atoms. The fourth-order valence-corrected chi connectivity index (χ4v) is 3.35. The second-order valence-corrected chi connectivity index (χ2v) is 6.57. The van der Waals surface area contributed by atoms with Crippen LogP contribution in [0.15, 0.2) is 30.3 Å². The molecule has 1 heterocycles. The van der Waals surface area contributed by atoms with E-state index in [4.69, 9.17) is 5.26 Å². The first-order valence-corrected chi connectivity index (χ1v) is 8.63. The molecule has 1 aliphatic rings. The molecule has 24 heavy (non-hydrogen) atoms. The standard InChI is InChI=1S/C19H27N3O2/c1-15(19(24)21(2)12-6-11-20)22-13-9-17(10-14-22)18(23)16-7-4-3-5-8-16/h3-5,7-8,15,17-18,23H,6,9-10,12-14H2,1-2H3. The Morgan fingerprint density at radius 1 is 1.38 bits per heavy atom. The number of hydrogen-bond donors (Lipinski definition) is 1. The van der Waals surface area contributed by atoms with Crippen LogP contribution in [0, 0.1) is 17.2 Å². The highest BCUT2D eigenvalue weighted by Gasteiger charge is 2.31. The highest BCUT2D eigenvalue weighted by Crippen LogP contribution is 2.31. The number of rotatable bonds is 6. The van der Waals surface area contributed by atoms with Crippen LogP contribution in [0.2, 0.25) is 0 Å². The number of likely N-dealkylation sites (N-methyl/N-ethyl adjacent to an activating group) is 1. The molecule has 1 fully saturated rings. The monoisotopic (exact) mass is 329 g/mol. The number of aliphatic hydroxyl groups is 1. The zero-order valence-electron chi connectivity index (χ0n) is 14.6. The number of piperidine rings is 1. The fraction of sp³-hybridized carbons (Fsp3) is 0.579. The van der Waals surface area contributed by atoms with Crippen LogP contribution in [0.3, 0.4) is 0 Å². The third kappa shape index (κ3) is 4.56. The minimum atomic E-state index is -0.433. The van der Waals surface area contributed by atoms with E-state index in [1.807, 2.05) is 37.3 Å². The summed E-state index contributed by atoms with van der Waals surface area (Å²) in [6.07, 6.45) is 1.70. The number of carbonyl (C=O) groups is 1. The van der Waals surface area contributed by atoms with Crippen LogP contribution in [0.5, 0.6) is 0 Å². The van der Waals surface area contributed by atoms with E-state index in [0.29, 0.717) is 13.0 Å². The van der Waals surface area contributed by atoms with Crippen LogP contribution in [-0.4, -0.2) is 53.5 Å². The molecule has 1 aliphatic heterocycles. The lowest BCUT2D eigenvalue weighted by molar-refractivity contribution is -0.135. The minimum absolute atomic E-state index is 0.0623. The second-order valence-electron chi connectivity index (χ2n) is 6.57. The van der Waals surface area contributed by atoms with E-state index in [1.165, 1.54) is 0 Å². The number of nitriles is 1. The third-order valence-electron chi connectivity index (χ3n) is 5.00. The van der Waals surface area contributed by atoms with E-state index in [2.05, 4.69) is 11.0 Å². The van der Waals surface area contributed by atoms with Crippen molar-refractivity contribution in [3.63, 3.8) is 0 Å². The molecular weight excluding hydrogens is 302 g/mol. The van der Waals surface area contributed by atoms with Gasteiger partial charge in [0.2, 0.25) is 5.91 Å². The molecule has 0 saturated carbocycles. The van der Waals surface area contributed by atoms with Gasteiger partial charge in [0.15, 0.2) is 0 Å². The molecule has 2 rings (SSSR count). The van der Waals surface area contributed by atoms with Crippen LogP contribution in [-0.2, 0) is 4.79 Å². The molecule has 1 N–H and O–H groups in total. The van der Waals surface area contributed by atoms with E-state index >= 15 is 0 Å². The Hall–Kier alpha value is -1.90. The Kier molecular flexibility index (Phi) is 6.77. The minimum Gasteiger partial charge on any atom is -0.388 e. The number of hydrogen-bond acceptors (Lipinski definition) is 4. The molecule has 5 nitrogen and oxygen atoms in total. The quantitative estimate of drug-likeness (QED) is 0.869. The maximum absolute atomic E-state index is 12.4. The van der Waals surface area contributed by atoms with Gasteiger partial charge in [0.05, 0.1) is 24.6 Å². The molecule has 1 aromatic carbocycles. The maximum Gasteiger partial charge on any atom is 0.239 e. The highest BCUT2D eigenvalue weighted by molar-refractivity contribution is 5.81. The van der Waals surface area contributed by atoms with E-state index in [9.17, 15) is 9.90 Å². The van der Waals surface area contributed by atoms with Crippen LogP contribution >= 0.6 is 0 Å². The van der Waals surface area contributed by atoms with Crippen LogP contribution < -0.4 is 0 Å². The van der Waals surface area contributed by atoms with Crippen molar-refractivity contribution < 1.29 is 9.90 Å². The van der Waals surface area contributed by atoms with E-state index in [1.54, 1.807) is 11.9 Å². The van der Waals surface area contributed by atoms with E-state index in [-0.39, 0.29) is 17.9 Å². The van der Waals surface area contributed by atoms with Crippen LogP contribution in [0.4, 0.5) is 0 Å². The molecular formula is C19H27N3O2. The van der Waals surface area contributed by atoms with Crippen molar-refractivity contribution in [3.05, 3.63) is 35.9 Å². The Morgan fingerprint density at radius 2 is 2.00 bits per heavy atom. The molecule has 1 amide bonds. The summed E-state index contributed by atoms with van der Waals surface area (Å²) in [5, 5.41) is 19.2. The van der Waals surface area contributed by atoms with Crippen molar-refractivity contribution in [1.29, 1.82) is 5.26 Å². The van der Waals surface area contributed by atoms with Gasteiger partial charge in [-0.2, -0.15) is 5.26 Å². The molecule has 0 bridgehead atoms. The van der Waals surface area contributed by atoms with Gasteiger partial charge in [-0.15, -0.1) is 0 Å². The zero-order chi connectivity index (χ0) is 17.5. The van der Waals surface area contributed by atoms with Crippen LogP contribution in [0.25, 0.3) is 0 Å². The lowest BCUT2D eigenvalue weighted by Gasteiger charge is -2.38. The van der Waals surface area contributed by atoms with E-state index in [0.717, 1.165) is 31.5 Å². The number of amides is 1. The second kappa shape index (κ2) is 8.81. The van der Waals surface area contributed by atoms with Gasteiger partial charge in [-0.3, -0.25) is 9.69 Å². The fourth-order valence-electron chi connectivity index (χ4n) is 3.35. The van der Waals surface area contributed by atoms with Gasteiger partial charge in [-0.05, 0) is 44.3 Å². The highest BCUT2D eigenvalue weighted by atomic mass is 16.3. The third-order valence-corrected chi connectivity index (χ3v) is 5.00. The lowest BCUT2D eigenvalue weighted by atomic mass is 9.87. The van der Waals surface area contributed by atoms with Gasteiger partial charge in [-0.1, -0.05) is 30.3 Å². The SMILES string of the molecule is CC(C(=O)N(C)CCC#N)N1CCC(C(O)c2ccccc2)CC1. The normalized spacial score (nSPS) is 18.6. The summed E-state index contributed by atoms with van der Waals surface area (Å²) >= 11 is 0. The predicted molar refractivity (Wildman–Crippen MR) is 93.0 cm³/mol. The van der Waals surface area contributed by atoms with Crippen molar-refractivity contribution >= 4 is 5.91 Å². The molecule has 0 aliphatic carbocycles. The van der Waals surface area contributed by atoms with Gasteiger partial charge in [0.1, 0.15) is 0 Å². The van der Waals surface area contributed by atoms with Gasteiger partial charge in [0.25, 0.3) is 0 Å². The van der Waals surface area contributed by atoms with Gasteiger partial charge in [0, 0.05) is 13.6 Å². The average molecular weight is 329 g/mol. The molecule has 0 aromatic heterocycles. The maximum atomic E-state index is 12.4. The molecule has 1 saturated heterocycles. The number of benzene rings is 1. The first-order valence-electron chi connectivity index (χ1n) is 8.63. The first kappa shape index (κ1) is 18.4. The van der Waals surface area contributed by atoms with Gasteiger partial charge >= 0.3 is 0 Å². The largest absolute Gasteiger partial charge is 0.388 e. The summed E-state index contributed by atoms with van der Waals surface area (Å²) in [5.41, 5.74) is 0.969. The summed E-state index contributed by atoms with van der Waals surface area (Å²) in [4.78, 5) is 16.2. The van der Waals surface area contributed by atoms with Crippen molar-refractivity contribution in [2.45, 2.75) is 38.3 Å². The number of carbonyl (C=O) groups excluding carboxylic acids is 1. The Morgan fingerprint density at radius 3 is 2.58 bits per heavy atom. The smallest absolute Gasteiger partial charge is 0.239 e.